The Morgan fingerprint density at radius 3 is 2.53 bits per heavy atom. The Morgan fingerprint density at radius 1 is 1.24 bits per heavy atom. The second-order valence-electron chi connectivity index (χ2n) is 3.73. The van der Waals surface area contributed by atoms with Crippen LogP contribution in [0.25, 0.3) is 0 Å². The Balaban J connectivity index is 2.43. The minimum Gasteiger partial charge on any atom is -0.384 e. The Kier molecular flexibility index (Phi) is 4.10. The molecule has 0 radical (unpaired) electrons. The van der Waals surface area contributed by atoms with Gasteiger partial charge in [0.15, 0.2) is 0 Å². The van der Waals surface area contributed by atoms with Crippen LogP contribution >= 0.6 is 34.5 Å². The van der Waals surface area contributed by atoms with Crippen molar-refractivity contribution in [3.05, 3.63) is 55.7 Å². The monoisotopic (exact) mass is 286 g/mol. The predicted molar refractivity (Wildman–Crippen MR) is 74.2 cm³/mol. The summed E-state index contributed by atoms with van der Waals surface area (Å²) < 4.78 is 1.14. The Bertz CT molecular complexity index is 522. The molecule has 90 valence electrons. The second kappa shape index (κ2) is 5.40. The molecule has 0 saturated heterocycles. The van der Waals surface area contributed by atoms with Gasteiger partial charge in [0, 0.05) is 5.56 Å². The zero-order chi connectivity index (χ0) is 12.4. The number of hydrogen-bond acceptors (Lipinski definition) is 2. The molecule has 0 spiro atoms. The molecule has 1 nitrogen and oxygen atoms in total. The number of benzene rings is 1. The SMILES string of the molecule is CCc1ccccc1C(O)c1cc(Cl)sc1Cl. The number of aliphatic hydroxyl groups excluding tert-OH is 1. The van der Waals surface area contributed by atoms with Crippen LogP contribution in [-0.2, 0) is 6.42 Å². The lowest BCUT2D eigenvalue weighted by atomic mass is 9.97. The summed E-state index contributed by atoms with van der Waals surface area (Å²) in [5, 5.41) is 10.4. The van der Waals surface area contributed by atoms with Crippen molar-refractivity contribution in [1.29, 1.82) is 0 Å². The molecule has 0 aliphatic carbocycles. The third-order valence-corrected chi connectivity index (χ3v) is 4.23. The van der Waals surface area contributed by atoms with Crippen LogP contribution in [0.2, 0.25) is 8.67 Å². The fraction of sp³-hybridized carbons (Fsp3) is 0.231. The van der Waals surface area contributed by atoms with E-state index in [4.69, 9.17) is 23.2 Å². The van der Waals surface area contributed by atoms with E-state index >= 15 is 0 Å². The Morgan fingerprint density at radius 2 is 1.94 bits per heavy atom. The van der Waals surface area contributed by atoms with Crippen LogP contribution in [0.1, 0.15) is 29.7 Å². The quantitative estimate of drug-likeness (QED) is 0.867. The predicted octanol–water partition coefficient (Wildman–Crippen LogP) is 4.70. The van der Waals surface area contributed by atoms with Gasteiger partial charge in [0.25, 0.3) is 0 Å². The molecule has 0 aliphatic rings. The molecule has 0 saturated carbocycles. The molecule has 2 aromatic rings. The van der Waals surface area contributed by atoms with Gasteiger partial charge in [-0.05, 0) is 23.6 Å². The van der Waals surface area contributed by atoms with Crippen molar-refractivity contribution in [1.82, 2.24) is 0 Å². The van der Waals surface area contributed by atoms with E-state index < -0.39 is 6.10 Å². The molecule has 1 unspecified atom stereocenters. The third kappa shape index (κ3) is 2.66. The summed E-state index contributed by atoms with van der Waals surface area (Å²) in [6, 6.07) is 9.55. The Hall–Kier alpha value is -0.540. The number of rotatable bonds is 3. The molecule has 2 rings (SSSR count). The minimum absolute atomic E-state index is 0.549. The lowest BCUT2D eigenvalue weighted by molar-refractivity contribution is 0.220. The fourth-order valence-corrected chi connectivity index (χ4v) is 3.35. The number of aliphatic hydroxyl groups is 1. The van der Waals surface area contributed by atoms with Crippen molar-refractivity contribution in [3.8, 4) is 0 Å². The van der Waals surface area contributed by atoms with Crippen LogP contribution in [0.5, 0.6) is 0 Å². The van der Waals surface area contributed by atoms with E-state index in [-0.39, 0.29) is 0 Å². The maximum absolute atomic E-state index is 10.4. The van der Waals surface area contributed by atoms with Gasteiger partial charge in [-0.2, -0.15) is 0 Å². The van der Waals surface area contributed by atoms with Crippen molar-refractivity contribution < 1.29 is 5.11 Å². The first-order valence-electron chi connectivity index (χ1n) is 5.34. The first kappa shape index (κ1) is 12.9. The smallest absolute Gasteiger partial charge is 0.107 e. The molecular weight excluding hydrogens is 275 g/mol. The minimum atomic E-state index is -0.706. The summed E-state index contributed by atoms with van der Waals surface area (Å²) in [4.78, 5) is 0. The van der Waals surface area contributed by atoms with Gasteiger partial charge in [-0.1, -0.05) is 54.4 Å². The van der Waals surface area contributed by atoms with Crippen LogP contribution in [-0.4, -0.2) is 5.11 Å². The standard InChI is InChI=1S/C13H12Cl2OS/c1-2-8-5-3-4-6-9(8)12(16)10-7-11(14)17-13(10)15/h3-7,12,16H,2H2,1H3. The average Bonchev–Trinajstić information content (AvgIpc) is 2.67. The van der Waals surface area contributed by atoms with Crippen LogP contribution in [0.4, 0.5) is 0 Å². The molecule has 1 aromatic carbocycles. The lowest BCUT2D eigenvalue weighted by Crippen LogP contribution is -2.02. The summed E-state index contributed by atoms with van der Waals surface area (Å²) in [7, 11) is 0. The zero-order valence-electron chi connectivity index (χ0n) is 9.28. The van der Waals surface area contributed by atoms with Crippen molar-refractivity contribution in [2.45, 2.75) is 19.4 Å². The van der Waals surface area contributed by atoms with E-state index in [1.54, 1.807) is 6.07 Å². The van der Waals surface area contributed by atoms with Crippen molar-refractivity contribution >= 4 is 34.5 Å². The van der Waals surface area contributed by atoms with Crippen LogP contribution in [0, 0.1) is 0 Å². The van der Waals surface area contributed by atoms with Crippen LogP contribution in [0.15, 0.2) is 30.3 Å². The van der Waals surface area contributed by atoms with Gasteiger partial charge in [0.05, 0.1) is 4.34 Å². The highest BCUT2D eigenvalue weighted by molar-refractivity contribution is 7.20. The van der Waals surface area contributed by atoms with Gasteiger partial charge in [0.2, 0.25) is 0 Å². The molecular formula is C13H12Cl2OS. The Labute approximate surface area is 115 Å². The molecule has 0 bridgehead atoms. The number of hydrogen-bond donors (Lipinski definition) is 1. The number of thiophene rings is 1. The lowest BCUT2D eigenvalue weighted by Gasteiger charge is -2.14. The normalized spacial score (nSPS) is 12.7. The number of halogens is 2. The molecule has 1 aromatic heterocycles. The summed E-state index contributed by atoms with van der Waals surface area (Å²) >= 11 is 13.2. The summed E-state index contributed by atoms with van der Waals surface area (Å²) in [6.45, 7) is 2.06. The topological polar surface area (TPSA) is 20.2 Å². The van der Waals surface area contributed by atoms with Gasteiger partial charge in [-0.25, -0.2) is 0 Å². The van der Waals surface area contributed by atoms with E-state index in [1.807, 2.05) is 24.3 Å². The summed E-state index contributed by atoms with van der Waals surface area (Å²) in [6.07, 6.45) is 0.172. The van der Waals surface area contributed by atoms with Crippen LogP contribution < -0.4 is 0 Å². The molecule has 1 atom stereocenters. The molecule has 17 heavy (non-hydrogen) atoms. The first-order valence-corrected chi connectivity index (χ1v) is 6.91. The second-order valence-corrected chi connectivity index (χ2v) is 6.02. The third-order valence-electron chi connectivity index (χ3n) is 2.71. The van der Waals surface area contributed by atoms with E-state index in [9.17, 15) is 5.11 Å². The van der Waals surface area contributed by atoms with E-state index in [0.29, 0.717) is 14.2 Å². The molecule has 4 heteroatoms. The van der Waals surface area contributed by atoms with Crippen LogP contribution in [0.3, 0.4) is 0 Å². The maximum Gasteiger partial charge on any atom is 0.107 e. The molecule has 1 N–H and O–H groups in total. The average molecular weight is 287 g/mol. The van der Waals surface area contributed by atoms with Crippen molar-refractivity contribution in [3.63, 3.8) is 0 Å². The van der Waals surface area contributed by atoms with Gasteiger partial charge in [-0.3, -0.25) is 0 Å². The summed E-state index contributed by atoms with van der Waals surface area (Å²) in [5.41, 5.74) is 2.70. The highest BCUT2D eigenvalue weighted by atomic mass is 35.5. The van der Waals surface area contributed by atoms with E-state index in [0.717, 1.165) is 17.5 Å². The van der Waals surface area contributed by atoms with Gasteiger partial charge < -0.3 is 5.11 Å². The van der Waals surface area contributed by atoms with Crippen molar-refractivity contribution in [2.24, 2.45) is 0 Å². The molecule has 0 amide bonds. The zero-order valence-corrected chi connectivity index (χ0v) is 11.6. The molecule has 0 fully saturated rings. The van der Waals surface area contributed by atoms with E-state index in [2.05, 4.69) is 6.92 Å². The summed E-state index contributed by atoms with van der Waals surface area (Å²) in [5.74, 6) is 0. The largest absolute Gasteiger partial charge is 0.384 e. The highest BCUT2D eigenvalue weighted by Crippen LogP contribution is 2.38. The number of aryl methyl sites for hydroxylation is 1. The van der Waals surface area contributed by atoms with Gasteiger partial charge >= 0.3 is 0 Å². The van der Waals surface area contributed by atoms with E-state index in [1.165, 1.54) is 11.3 Å². The van der Waals surface area contributed by atoms with Gasteiger partial charge in [-0.15, -0.1) is 11.3 Å². The van der Waals surface area contributed by atoms with Gasteiger partial charge in [0.1, 0.15) is 10.4 Å². The molecule has 1 heterocycles. The maximum atomic E-state index is 10.4. The molecule has 0 aliphatic heterocycles. The highest BCUT2D eigenvalue weighted by Gasteiger charge is 2.18. The first-order chi connectivity index (χ1) is 8.13. The fourth-order valence-electron chi connectivity index (χ4n) is 1.83. The van der Waals surface area contributed by atoms with Crippen molar-refractivity contribution in [2.75, 3.05) is 0 Å².